The van der Waals surface area contributed by atoms with E-state index in [0.29, 0.717) is 11.1 Å². The van der Waals surface area contributed by atoms with Gasteiger partial charge in [0.1, 0.15) is 5.82 Å². The second-order valence-electron chi connectivity index (χ2n) is 5.56. The summed E-state index contributed by atoms with van der Waals surface area (Å²) >= 11 is 4.34. The minimum atomic E-state index is -2.84. The van der Waals surface area contributed by atoms with Crippen LogP contribution in [0.2, 0.25) is 0 Å². The molecule has 0 saturated heterocycles. The lowest BCUT2D eigenvalue weighted by Gasteiger charge is -2.12. The van der Waals surface area contributed by atoms with E-state index in [0.717, 1.165) is 6.07 Å². The molecule has 0 unspecified atom stereocenters. The highest BCUT2D eigenvalue weighted by Crippen LogP contribution is 2.28. The van der Waals surface area contributed by atoms with Crippen LogP contribution in [-0.2, 0) is 9.53 Å². The van der Waals surface area contributed by atoms with E-state index in [1.54, 1.807) is 6.92 Å². The van der Waals surface area contributed by atoms with E-state index in [1.165, 1.54) is 31.2 Å². The molecule has 0 spiro atoms. The van der Waals surface area contributed by atoms with Crippen molar-refractivity contribution in [2.45, 2.75) is 59.6 Å². The SMILES string of the molecule is CC.CC(C)(C)S/N=C/c1cc(Br)cc(C(F)F)c1F.CCOC(C)=O. The Bertz CT molecular complexity index is 576. The first-order valence-corrected chi connectivity index (χ1v) is 9.66. The Kier molecular flexibility index (Phi) is 14.7. The number of nitrogens with zero attached hydrogens (tertiary/aromatic N) is 1. The van der Waals surface area contributed by atoms with Gasteiger partial charge in [-0.25, -0.2) is 17.6 Å². The summed E-state index contributed by atoms with van der Waals surface area (Å²) in [6.45, 7) is 13.5. The smallest absolute Gasteiger partial charge is 0.302 e. The van der Waals surface area contributed by atoms with E-state index in [-0.39, 0.29) is 16.3 Å². The van der Waals surface area contributed by atoms with E-state index >= 15 is 0 Å². The predicted octanol–water partition coefficient (Wildman–Crippen LogP) is 6.99. The number of benzene rings is 1. The molecule has 1 rings (SSSR count). The summed E-state index contributed by atoms with van der Waals surface area (Å²) in [6.07, 6.45) is -1.58. The van der Waals surface area contributed by atoms with Gasteiger partial charge in [0.2, 0.25) is 0 Å². The summed E-state index contributed by atoms with van der Waals surface area (Å²) in [6, 6.07) is 2.50. The number of halogens is 4. The number of esters is 1. The van der Waals surface area contributed by atoms with Gasteiger partial charge in [-0.1, -0.05) is 29.8 Å². The lowest BCUT2D eigenvalue weighted by Crippen LogP contribution is -2.05. The molecule has 8 heteroatoms. The molecule has 0 aromatic heterocycles. The monoisotopic (exact) mass is 457 g/mol. The normalized spacial score (nSPS) is 10.8. The van der Waals surface area contributed by atoms with Crippen molar-refractivity contribution in [3.8, 4) is 0 Å². The van der Waals surface area contributed by atoms with Crippen LogP contribution in [-0.4, -0.2) is 23.5 Å². The molecule has 1 aromatic carbocycles. The van der Waals surface area contributed by atoms with Crippen LogP contribution in [0, 0.1) is 5.82 Å². The summed E-state index contributed by atoms with van der Waals surface area (Å²) < 4.78 is 47.6. The van der Waals surface area contributed by atoms with E-state index in [9.17, 15) is 18.0 Å². The molecule has 0 bridgehead atoms. The maximum Gasteiger partial charge on any atom is 0.302 e. The van der Waals surface area contributed by atoms with Crippen molar-refractivity contribution in [1.82, 2.24) is 0 Å². The summed E-state index contributed by atoms with van der Waals surface area (Å²) in [4.78, 5) is 9.82. The Morgan fingerprint density at radius 3 is 2.23 bits per heavy atom. The van der Waals surface area contributed by atoms with Crippen molar-refractivity contribution < 1.29 is 22.7 Å². The molecule has 1 aromatic rings. The largest absolute Gasteiger partial charge is 0.466 e. The molecule has 0 aliphatic rings. The van der Waals surface area contributed by atoms with Crippen molar-refractivity contribution >= 4 is 40.1 Å². The highest BCUT2D eigenvalue weighted by molar-refractivity contribution is 9.10. The molecule has 0 aliphatic carbocycles. The maximum absolute atomic E-state index is 13.7. The molecule has 150 valence electrons. The third-order valence-corrected chi connectivity index (χ3v) is 3.41. The molecule has 0 amide bonds. The van der Waals surface area contributed by atoms with E-state index in [1.807, 2.05) is 34.6 Å². The number of carbonyl (C=O) groups is 1. The van der Waals surface area contributed by atoms with Gasteiger partial charge < -0.3 is 4.74 Å². The molecule has 0 fully saturated rings. The first-order chi connectivity index (χ1) is 12.0. The summed E-state index contributed by atoms with van der Waals surface area (Å²) in [5.41, 5.74) is -0.567. The number of hydrogen-bond acceptors (Lipinski definition) is 4. The molecule has 0 aliphatic heterocycles. The van der Waals surface area contributed by atoms with E-state index in [4.69, 9.17) is 0 Å². The summed E-state index contributed by atoms with van der Waals surface area (Å²) in [5, 5.41) is 0. The topological polar surface area (TPSA) is 38.7 Å². The zero-order valence-electron chi connectivity index (χ0n) is 16.2. The van der Waals surface area contributed by atoms with Crippen LogP contribution in [0.25, 0.3) is 0 Å². The standard InChI is InChI=1S/C12H13BrF3NS.C4H8O2.C2H6/c1-12(2,3)18-17-6-7-4-8(13)5-9(10(7)14)11(15)16;1-3-6-4(2)5;1-2/h4-6,11H,1-3H3;3H2,1-2H3;1-2H3/b17-6+;;. The Hall–Kier alpha value is -1.02. The highest BCUT2D eigenvalue weighted by Gasteiger charge is 2.17. The zero-order chi connectivity index (χ0) is 20.9. The van der Waals surface area contributed by atoms with Gasteiger partial charge in [0.15, 0.2) is 0 Å². The van der Waals surface area contributed by atoms with Crippen LogP contribution in [0.4, 0.5) is 13.2 Å². The lowest BCUT2D eigenvalue weighted by atomic mass is 10.1. The molecule has 0 radical (unpaired) electrons. The Labute approximate surface area is 167 Å². The average molecular weight is 458 g/mol. The van der Waals surface area contributed by atoms with Gasteiger partial charge in [0.05, 0.1) is 12.2 Å². The van der Waals surface area contributed by atoms with Gasteiger partial charge in [-0.2, -0.15) is 0 Å². The van der Waals surface area contributed by atoms with Gasteiger partial charge in [0.25, 0.3) is 6.43 Å². The maximum atomic E-state index is 13.7. The van der Waals surface area contributed by atoms with Crippen LogP contribution in [0.5, 0.6) is 0 Å². The van der Waals surface area contributed by atoms with Gasteiger partial charge in [-0.15, -0.1) is 0 Å². The molecule has 0 N–H and O–H groups in total. The quantitative estimate of drug-likeness (QED) is 0.277. The average Bonchev–Trinajstić information content (AvgIpc) is 2.51. The van der Waals surface area contributed by atoms with Gasteiger partial charge >= 0.3 is 5.97 Å². The van der Waals surface area contributed by atoms with Gasteiger partial charge in [-0.05, 0) is 51.8 Å². The summed E-state index contributed by atoms with van der Waals surface area (Å²) in [7, 11) is 0. The van der Waals surface area contributed by atoms with Crippen molar-refractivity contribution in [3.05, 3.63) is 33.5 Å². The van der Waals surface area contributed by atoms with Crippen molar-refractivity contribution in [2.24, 2.45) is 4.40 Å². The molecule has 0 heterocycles. The van der Waals surface area contributed by atoms with Crippen molar-refractivity contribution in [3.63, 3.8) is 0 Å². The second kappa shape index (κ2) is 14.1. The Balaban J connectivity index is 0. The number of carbonyl (C=O) groups excluding carboxylic acids is 1. The zero-order valence-corrected chi connectivity index (χ0v) is 18.6. The van der Waals surface area contributed by atoms with Crippen LogP contribution in [0.3, 0.4) is 0 Å². The van der Waals surface area contributed by atoms with Crippen LogP contribution < -0.4 is 0 Å². The highest BCUT2D eigenvalue weighted by atomic mass is 79.9. The fraction of sp³-hybridized carbons (Fsp3) is 0.556. The molecule has 0 atom stereocenters. The molecule has 3 nitrogen and oxygen atoms in total. The van der Waals surface area contributed by atoms with Crippen molar-refractivity contribution in [1.29, 1.82) is 0 Å². The van der Waals surface area contributed by atoms with Crippen LogP contribution in [0.15, 0.2) is 21.0 Å². The number of rotatable bonds is 4. The minimum absolute atomic E-state index is 0.0522. The number of hydrogen-bond donors (Lipinski definition) is 0. The second-order valence-corrected chi connectivity index (χ2v) is 8.10. The van der Waals surface area contributed by atoms with E-state index < -0.39 is 17.8 Å². The first kappa shape index (κ1) is 27.2. The third-order valence-electron chi connectivity index (χ3n) is 2.19. The summed E-state index contributed by atoms with van der Waals surface area (Å²) in [5.74, 6) is -1.14. The van der Waals surface area contributed by atoms with E-state index in [2.05, 4.69) is 25.1 Å². The Morgan fingerprint density at radius 1 is 1.35 bits per heavy atom. The molecular formula is C18H27BrF3NO2S. The van der Waals surface area contributed by atoms with Crippen molar-refractivity contribution in [2.75, 3.05) is 6.61 Å². The fourth-order valence-corrected chi connectivity index (χ4v) is 2.31. The Morgan fingerprint density at radius 2 is 1.88 bits per heavy atom. The minimum Gasteiger partial charge on any atom is -0.466 e. The van der Waals surface area contributed by atoms with Gasteiger partial charge in [0, 0.05) is 27.9 Å². The molecule has 0 saturated carbocycles. The number of alkyl halides is 2. The van der Waals surface area contributed by atoms with Crippen LogP contribution in [0.1, 0.15) is 66.0 Å². The lowest BCUT2D eigenvalue weighted by molar-refractivity contribution is -0.140. The number of ether oxygens (including phenoxy) is 1. The van der Waals surface area contributed by atoms with Crippen LogP contribution >= 0.6 is 27.9 Å². The first-order valence-electron chi connectivity index (χ1n) is 8.10. The molecule has 26 heavy (non-hydrogen) atoms. The molecular weight excluding hydrogens is 431 g/mol. The third kappa shape index (κ3) is 13.2. The fourth-order valence-electron chi connectivity index (χ4n) is 1.33. The predicted molar refractivity (Wildman–Crippen MR) is 108 cm³/mol. The van der Waals surface area contributed by atoms with Gasteiger partial charge in [-0.3, -0.25) is 4.79 Å².